The molecule has 5 nitrogen and oxygen atoms in total. The van der Waals surface area contributed by atoms with Crippen LogP contribution in [0.15, 0.2) is 53.1 Å². The van der Waals surface area contributed by atoms with Crippen LogP contribution in [0.2, 0.25) is 0 Å². The average molecular weight is 476 g/mol. The largest absolute Gasteiger partial charge is 0.356 e. The van der Waals surface area contributed by atoms with Crippen LogP contribution in [0.25, 0.3) is 17.0 Å². The number of likely N-dealkylation sites (tertiary alicyclic amines) is 1. The lowest BCUT2D eigenvalue weighted by atomic mass is 9.89. The van der Waals surface area contributed by atoms with Crippen molar-refractivity contribution in [1.82, 2.24) is 15.4 Å². The summed E-state index contributed by atoms with van der Waals surface area (Å²) in [6.07, 6.45) is 9.29. The fourth-order valence-corrected chi connectivity index (χ4v) is 5.80. The van der Waals surface area contributed by atoms with Crippen LogP contribution in [0.5, 0.6) is 0 Å². The number of aryl methyl sites for hydroxylation is 1. The van der Waals surface area contributed by atoms with Gasteiger partial charge in [0, 0.05) is 36.5 Å². The molecule has 2 fully saturated rings. The first-order chi connectivity index (χ1) is 17.1. The van der Waals surface area contributed by atoms with Crippen molar-refractivity contribution >= 4 is 23.0 Å². The van der Waals surface area contributed by atoms with Gasteiger partial charge in [-0.3, -0.25) is 4.79 Å². The Hall–Kier alpha value is -2.99. The summed E-state index contributed by atoms with van der Waals surface area (Å²) < 4.78 is 18.8. The van der Waals surface area contributed by atoms with E-state index in [4.69, 9.17) is 4.52 Å². The molecule has 1 aliphatic carbocycles. The van der Waals surface area contributed by atoms with Gasteiger partial charge in [-0.25, -0.2) is 4.39 Å². The molecule has 2 aromatic carbocycles. The molecule has 5 rings (SSSR count). The molecule has 2 aliphatic rings. The van der Waals surface area contributed by atoms with E-state index < -0.39 is 0 Å². The third-order valence-corrected chi connectivity index (χ3v) is 7.89. The second-order valence-corrected chi connectivity index (χ2v) is 10.2. The molecule has 2 atom stereocenters. The molecular weight excluding hydrogens is 441 g/mol. The van der Waals surface area contributed by atoms with Crippen LogP contribution in [0.3, 0.4) is 0 Å². The molecule has 0 spiro atoms. The Morgan fingerprint density at radius 3 is 2.77 bits per heavy atom. The van der Waals surface area contributed by atoms with Gasteiger partial charge in [-0.05, 0) is 86.9 Å². The number of carbonyl (C=O) groups excluding carboxylic acids is 1. The highest BCUT2D eigenvalue weighted by atomic mass is 19.1. The summed E-state index contributed by atoms with van der Waals surface area (Å²) >= 11 is 0. The number of hydrogen-bond donors (Lipinski definition) is 1. The Kier molecular flexibility index (Phi) is 7.28. The number of nitrogens with one attached hydrogen (secondary N) is 1. The second kappa shape index (κ2) is 10.7. The van der Waals surface area contributed by atoms with Gasteiger partial charge in [-0.15, -0.1) is 0 Å². The Morgan fingerprint density at radius 1 is 1.14 bits per heavy atom. The van der Waals surface area contributed by atoms with Crippen molar-refractivity contribution in [2.75, 3.05) is 26.2 Å². The van der Waals surface area contributed by atoms with Crippen LogP contribution in [0.4, 0.5) is 4.39 Å². The molecule has 1 N–H and O–H groups in total. The van der Waals surface area contributed by atoms with Crippen LogP contribution >= 0.6 is 0 Å². The fourth-order valence-electron chi connectivity index (χ4n) is 5.80. The molecule has 184 valence electrons. The van der Waals surface area contributed by atoms with Crippen molar-refractivity contribution in [3.05, 3.63) is 71.2 Å². The number of aromatic nitrogens is 1. The molecule has 0 radical (unpaired) electrons. The van der Waals surface area contributed by atoms with Crippen molar-refractivity contribution in [1.29, 1.82) is 0 Å². The average Bonchev–Trinajstić information content (AvgIpc) is 3.49. The number of benzene rings is 2. The van der Waals surface area contributed by atoms with E-state index in [2.05, 4.69) is 28.4 Å². The zero-order valence-electron chi connectivity index (χ0n) is 20.4. The fraction of sp³-hybridized carbons (Fsp3) is 0.448. The van der Waals surface area contributed by atoms with Gasteiger partial charge in [0.1, 0.15) is 5.82 Å². The maximum Gasteiger partial charge on any atom is 0.244 e. The first-order valence-corrected chi connectivity index (χ1v) is 12.9. The van der Waals surface area contributed by atoms with E-state index in [1.165, 1.54) is 37.0 Å². The topological polar surface area (TPSA) is 58.4 Å². The normalized spacial score (nSPS) is 21.8. The Balaban J connectivity index is 1.10. The van der Waals surface area contributed by atoms with Crippen molar-refractivity contribution in [3.63, 3.8) is 0 Å². The summed E-state index contributed by atoms with van der Waals surface area (Å²) in [5.74, 6) is 1.22. The van der Waals surface area contributed by atoms with E-state index in [9.17, 15) is 9.18 Å². The Morgan fingerprint density at radius 2 is 1.94 bits per heavy atom. The van der Waals surface area contributed by atoms with E-state index in [-0.39, 0.29) is 11.7 Å². The van der Waals surface area contributed by atoms with Gasteiger partial charge in [0.05, 0.1) is 5.69 Å². The highest BCUT2D eigenvalue weighted by Crippen LogP contribution is 2.36. The van der Waals surface area contributed by atoms with Crippen molar-refractivity contribution in [3.8, 4) is 0 Å². The molecule has 35 heavy (non-hydrogen) atoms. The lowest BCUT2D eigenvalue weighted by Gasteiger charge is -2.34. The van der Waals surface area contributed by atoms with Gasteiger partial charge < -0.3 is 14.7 Å². The van der Waals surface area contributed by atoms with Gasteiger partial charge in [-0.2, -0.15) is 0 Å². The number of rotatable bonds is 7. The van der Waals surface area contributed by atoms with Crippen molar-refractivity contribution < 1.29 is 13.7 Å². The summed E-state index contributed by atoms with van der Waals surface area (Å²) in [7, 11) is 0. The third-order valence-electron chi connectivity index (χ3n) is 7.89. The van der Waals surface area contributed by atoms with Gasteiger partial charge >= 0.3 is 0 Å². The van der Waals surface area contributed by atoms with E-state index >= 15 is 0 Å². The lowest BCUT2D eigenvalue weighted by Crippen LogP contribution is -2.39. The summed E-state index contributed by atoms with van der Waals surface area (Å²) in [4.78, 5) is 15.0. The van der Waals surface area contributed by atoms with Crippen LogP contribution in [0.1, 0.15) is 54.8 Å². The molecule has 6 heteroatoms. The molecule has 1 saturated heterocycles. The number of piperidine rings is 1. The van der Waals surface area contributed by atoms with Gasteiger partial charge in [0.15, 0.2) is 5.58 Å². The number of halogens is 1. The van der Waals surface area contributed by atoms with Crippen LogP contribution < -0.4 is 5.32 Å². The van der Waals surface area contributed by atoms with E-state index in [0.29, 0.717) is 23.3 Å². The van der Waals surface area contributed by atoms with E-state index in [1.54, 1.807) is 12.1 Å². The smallest absolute Gasteiger partial charge is 0.244 e. The molecular formula is C29H34FN3O2. The first-order valence-electron chi connectivity index (χ1n) is 12.9. The molecule has 1 aliphatic heterocycles. The number of amides is 1. The third kappa shape index (κ3) is 5.64. The Labute approximate surface area is 206 Å². The van der Waals surface area contributed by atoms with Gasteiger partial charge in [-0.1, -0.05) is 35.8 Å². The van der Waals surface area contributed by atoms with Crippen LogP contribution in [-0.4, -0.2) is 42.1 Å². The predicted octanol–water partition coefficient (Wildman–Crippen LogP) is 5.70. The zero-order valence-corrected chi connectivity index (χ0v) is 20.4. The summed E-state index contributed by atoms with van der Waals surface area (Å²) in [5, 5.41) is 8.35. The highest BCUT2D eigenvalue weighted by Gasteiger charge is 2.31. The van der Waals surface area contributed by atoms with Crippen LogP contribution in [-0.2, 0) is 4.79 Å². The molecule has 1 amide bonds. The monoisotopic (exact) mass is 475 g/mol. The van der Waals surface area contributed by atoms with E-state index in [0.717, 1.165) is 55.7 Å². The van der Waals surface area contributed by atoms with Gasteiger partial charge in [0.2, 0.25) is 5.91 Å². The van der Waals surface area contributed by atoms with Crippen LogP contribution in [0, 0.1) is 24.6 Å². The molecule has 0 bridgehead atoms. The second-order valence-electron chi connectivity index (χ2n) is 10.2. The number of carbonyl (C=O) groups is 1. The predicted molar refractivity (Wildman–Crippen MR) is 136 cm³/mol. The highest BCUT2D eigenvalue weighted by molar-refractivity contribution is 5.91. The Bertz CT molecular complexity index is 1200. The molecule has 3 aromatic rings. The molecule has 2 heterocycles. The summed E-state index contributed by atoms with van der Waals surface area (Å²) in [6.45, 7) is 5.97. The zero-order chi connectivity index (χ0) is 24.2. The number of fused-ring (bicyclic) bond motifs is 1. The summed E-state index contributed by atoms with van der Waals surface area (Å²) in [6, 6.07) is 12.8. The lowest BCUT2D eigenvalue weighted by molar-refractivity contribution is -0.116. The quantitative estimate of drug-likeness (QED) is 0.445. The first kappa shape index (κ1) is 23.7. The molecule has 1 saturated carbocycles. The SMILES string of the molecule is Cc1ccccc1/C=C/C(=O)NC[C@H]1CCC[C@@H]1CN1CCC(c2noc3cc(F)ccc23)CC1. The van der Waals surface area contributed by atoms with Crippen molar-refractivity contribution in [2.24, 2.45) is 11.8 Å². The minimum Gasteiger partial charge on any atom is -0.356 e. The van der Waals surface area contributed by atoms with E-state index in [1.807, 2.05) is 24.3 Å². The molecule has 1 aromatic heterocycles. The minimum atomic E-state index is -0.292. The number of nitrogens with zero attached hydrogens (tertiary/aromatic N) is 2. The maximum atomic E-state index is 13.5. The van der Waals surface area contributed by atoms with Gasteiger partial charge in [0.25, 0.3) is 0 Å². The standard InChI is InChI=1S/C29H34FN3O2/c1-20-5-2-3-6-21(20)9-12-28(34)31-18-23-7-4-8-24(23)19-33-15-13-22(14-16-33)29-26-11-10-25(30)17-27(26)35-32-29/h2-3,5-6,9-12,17,22-24H,4,7-8,13-16,18-19H2,1H3,(H,31,34)/b12-9+/t23-,24-/m1/s1. The van der Waals surface area contributed by atoms with Crippen molar-refractivity contribution in [2.45, 2.75) is 44.9 Å². The maximum absolute atomic E-state index is 13.5. The number of hydrogen-bond acceptors (Lipinski definition) is 4. The minimum absolute atomic E-state index is 0.0144. The molecule has 0 unspecified atom stereocenters. The summed E-state index contributed by atoms with van der Waals surface area (Å²) in [5.41, 5.74) is 3.75.